The van der Waals surface area contributed by atoms with E-state index >= 15 is 0 Å². The Morgan fingerprint density at radius 1 is 0.833 bits per heavy atom. The Labute approximate surface area is 173 Å². The van der Waals surface area contributed by atoms with E-state index in [1.54, 1.807) is 60.4 Å². The van der Waals surface area contributed by atoms with Gasteiger partial charge in [0, 0.05) is 36.1 Å². The molecule has 0 atom stereocenters. The van der Waals surface area contributed by atoms with Crippen LogP contribution in [0.4, 0.5) is 11.5 Å². The molecule has 0 aliphatic carbocycles. The molecule has 2 aromatic carbocycles. The molecule has 2 heterocycles. The molecule has 0 unspecified atom stereocenters. The Bertz CT molecular complexity index is 1170. The Balaban J connectivity index is 1.46. The van der Waals surface area contributed by atoms with Crippen LogP contribution >= 0.6 is 0 Å². The molecular formula is C23H19N5O2. The molecule has 4 rings (SSSR count). The van der Waals surface area contributed by atoms with Gasteiger partial charge in [0.15, 0.2) is 0 Å². The molecule has 0 saturated carbocycles. The molecule has 0 saturated heterocycles. The minimum atomic E-state index is -0.271. The van der Waals surface area contributed by atoms with Gasteiger partial charge in [-0.3, -0.25) is 19.3 Å². The number of benzene rings is 2. The second-order valence-corrected chi connectivity index (χ2v) is 6.61. The first-order valence-electron chi connectivity index (χ1n) is 9.33. The summed E-state index contributed by atoms with van der Waals surface area (Å²) >= 11 is 0. The van der Waals surface area contributed by atoms with E-state index in [1.807, 2.05) is 36.4 Å². The summed E-state index contributed by atoms with van der Waals surface area (Å²) in [6, 6.07) is 23.3. The number of carbonyl (C=O) groups excluding carboxylic acids is 2. The number of aryl methyl sites for hydroxylation is 1. The van der Waals surface area contributed by atoms with Crippen LogP contribution in [-0.4, -0.2) is 26.6 Å². The predicted molar refractivity (Wildman–Crippen MR) is 115 cm³/mol. The lowest BCUT2D eigenvalue weighted by Crippen LogP contribution is -2.14. The lowest BCUT2D eigenvalue weighted by molar-refractivity contribution is 0.101. The Hall–Kier alpha value is -4.26. The second kappa shape index (κ2) is 8.40. The molecule has 0 radical (unpaired) electrons. The number of rotatable bonds is 5. The van der Waals surface area contributed by atoms with Crippen LogP contribution in [0, 0.1) is 0 Å². The number of pyridine rings is 1. The van der Waals surface area contributed by atoms with Crippen molar-refractivity contribution in [2.75, 3.05) is 10.6 Å². The lowest BCUT2D eigenvalue weighted by atomic mass is 10.1. The van der Waals surface area contributed by atoms with E-state index in [0.29, 0.717) is 28.5 Å². The number of aromatic nitrogens is 3. The maximum atomic E-state index is 12.4. The number of nitrogens with zero attached hydrogens (tertiary/aromatic N) is 3. The summed E-state index contributed by atoms with van der Waals surface area (Å²) < 4.78 is 1.62. The van der Waals surface area contributed by atoms with Crippen LogP contribution in [-0.2, 0) is 7.05 Å². The van der Waals surface area contributed by atoms with Gasteiger partial charge in [-0.2, -0.15) is 5.10 Å². The highest BCUT2D eigenvalue weighted by Gasteiger charge is 2.12. The van der Waals surface area contributed by atoms with E-state index in [0.717, 1.165) is 5.56 Å². The fourth-order valence-corrected chi connectivity index (χ4v) is 2.92. The Morgan fingerprint density at radius 3 is 2.27 bits per heavy atom. The van der Waals surface area contributed by atoms with E-state index < -0.39 is 0 Å². The molecule has 148 valence electrons. The normalized spacial score (nSPS) is 10.4. The number of hydrogen-bond acceptors (Lipinski definition) is 4. The van der Waals surface area contributed by atoms with Gasteiger partial charge in [-0.05, 0) is 36.4 Å². The van der Waals surface area contributed by atoms with Crippen LogP contribution in [0.5, 0.6) is 0 Å². The minimum absolute atomic E-state index is 0.197. The van der Waals surface area contributed by atoms with Gasteiger partial charge >= 0.3 is 0 Å². The topological polar surface area (TPSA) is 88.9 Å². The quantitative estimate of drug-likeness (QED) is 0.533. The first-order chi connectivity index (χ1) is 14.6. The Kier molecular flexibility index (Phi) is 5.34. The van der Waals surface area contributed by atoms with Crippen molar-refractivity contribution >= 4 is 23.3 Å². The molecule has 7 heteroatoms. The molecular weight excluding hydrogens is 378 g/mol. The highest BCUT2D eigenvalue weighted by atomic mass is 16.2. The SMILES string of the molecule is Cn1nc(-c2ccc(NC(=O)c3ccccn3)cc2)cc1NC(=O)c1ccccc1. The summed E-state index contributed by atoms with van der Waals surface area (Å²) in [5.41, 5.74) is 3.16. The molecule has 2 amide bonds. The average molecular weight is 397 g/mol. The van der Waals surface area contributed by atoms with Gasteiger partial charge in [-0.15, -0.1) is 0 Å². The summed E-state index contributed by atoms with van der Waals surface area (Å²) in [6.45, 7) is 0. The van der Waals surface area contributed by atoms with Crippen LogP contribution in [0.15, 0.2) is 85.1 Å². The van der Waals surface area contributed by atoms with Gasteiger partial charge in [0.2, 0.25) is 0 Å². The first kappa shape index (κ1) is 19.1. The van der Waals surface area contributed by atoms with E-state index in [4.69, 9.17) is 0 Å². The number of carbonyl (C=O) groups is 2. The van der Waals surface area contributed by atoms with Crippen molar-refractivity contribution in [3.63, 3.8) is 0 Å². The average Bonchev–Trinajstić information content (AvgIpc) is 3.15. The van der Waals surface area contributed by atoms with Crippen molar-refractivity contribution in [2.24, 2.45) is 7.05 Å². The number of nitrogens with one attached hydrogen (secondary N) is 2. The van der Waals surface area contributed by atoms with E-state index in [1.165, 1.54) is 0 Å². The number of hydrogen-bond donors (Lipinski definition) is 2. The fraction of sp³-hybridized carbons (Fsp3) is 0.0435. The molecule has 7 nitrogen and oxygen atoms in total. The van der Waals surface area contributed by atoms with Crippen LogP contribution < -0.4 is 10.6 Å². The summed E-state index contributed by atoms with van der Waals surface area (Å²) in [6.07, 6.45) is 1.58. The zero-order valence-electron chi connectivity index (χ0n) is 16.2. The molecule has 0 aliphatic rings. The summed E-state index contributed by atoms with van der Waals surface area (Å²) in [4.78, 5) is 28.6. The highest BCUT2D eigenvalue weighted by Crippen LogP contribution is 2.23. The smallest absolute Gasteiger partial charge is 0.274 e. The van der Waals surface area contributed by atoms with Gasteiger partial charge in [0.25, 0.3) is 11.8 Å². The van der Waals surface area contributed by atoms with E-state index in [9.17, 15) is 9.59 Å². The van der Waals surface area contributed by atoms with Crippen LogP contribution in [0.25, 0.3) is 11.3 Å². The van der Waals surface area contributed by atoms with E-state index in [2.05, 4.69) is 20.7 Å². The molecule has 0 bridgehead atoms. The molecule has 30 heavy (non-hydrogen) atoms. The molecule has 4 aromatic rings. The van der Waals surface area contributed by atoms with Gasteiger partial charge in [-0.1, -0.05) is 36.4 Å². The van der Waals surface area contributed by atoms with Crippen LogP contribution in [0.3, 0.4) is 0 Å². The molecule has 0 fully saturated rings. The van der Waals surface area contributed by atoms with Crippen molar-refractivity contribution in [3.05, 3.63) is 96.3 Å². The van der Waals surface area contributed by atoms with Crippen LogP contribution in [0.1, 0.15) is 20.8 Å². The van der Waals surface area contributed by atoms with Crippen molar-refractivity contribution in [2.45, 2.75) is 0 Å². The van der Waals surface area contributed by atoms with Gasteiger partial charge in [0.05, 0.1) is 5.69 Å². The van der Waals surface area contributed by atoms with E-state index in [-0.39, 0.29) is 11.8 Å². The summed E-state index contributed by atoms with van der Waals surface area (Å²) in [5, 5.41) is 10.2. The van der Waals surface area contributed by atoms with Crippen molar-refractivity contribution in [1.29, 1.82) is 0 Å². The third kappa shape index (κ3) is 4.25. The van der Waals surface area contributed by atoms with Gasteiger partial charge in [0.1, 0.15) is 11.5 Å². The zero-order chi connectivity index (χ0) is 20.9. The minimum Gasteiger partial charge on any atom is -0.321 e. The predicted octanol–water partition coefficient (Wildman–Crippen LogP) is 3.99. The third-order valence-corrected chi connectivity index (χ3v) is 4.49. The molecule has 0 spiro atoms. The monoisotopic (exact) mass is 397 g/mol. The second-order valence-electron chi connectivity index (χ2n) is 6.61. The highest BCUT2D eigenvalue weighted by molar-refractivity contribution is 6.04. The maximum Gasteiger partial charge on any atom is 0.274 e. The zero-order valence-corrected chi connectivity index (χ0v) is 16.2. The largest absolute Gasteiger partial charge is 0.321 e. The number of amides is 2. The van der Waals surface area contributed by atoms with Crippen molar-refractivity contribution < 1.29 is 9.59 Å². The van der Waals surface area contributed by atoms with Crippen molar-refractivity contribution in [3.8, 4) is 11.3 Å². The maximum absolute atomic E-state index is 12.4. The standard InChI is InChI=1S/C23H19N5O2/c1-28-21(26-22(29)17-7-3-2-4-8-17)15-20(27-28)16-10-12-18(13-11-16)25-23(30)19-9-5-6-14-24-19/h2-15H,1H3,(H,25,30)(H,26,29). The summed E-state index contributed by atoms with van der Waals surface area (Å²) in [7, 11) is 1.77. The third-order valence-electron chi connectivity index (χ3n) is 4.49. The number of anilines is 2. The van der Waals surface area contributed by atoms with Crippen LogP contribution in [0.2, 0.25) is 0 Å². The van der Waals surface area contributed by atoms with Gasteiger partial charge in [-0.25, -0.2) is 0 Å². The molecule has 2 aromatic heterocycles. The fourth-order valence-electron chi connectivity index (χ4n) is 2.92. The van der Waals surface area contributed by atoms with Gasteiger partial charge < -0.3 is 10.6 Å². The molecule has 0 aliphatic heterocycles. The summed E-state index contributed by atoms with van der Waals surface area (Å²) in [5.74, 6) is 0.121. The molecule has 2 N–H and O–H groups in total. The lowest BCUT2D eigenvalue weighted by Gasteiger charge is -2.05. The van der Waals surface area contributed by atoms with Crippen molar-refractivity contribution in [1.82, 2.24) is 14.8 Å². The first-order valence-corrected chi connectivity index (χ1v) is 9.33. The Morgan fingerprint density at radius 2 is 1.57 bits per heavy atom.